The first-order valence-electron chi connectivity index (χ1n) is 7.82. The van der Waals surface area contributed by atoms with Gasteiger partial charge in [0.25, 0.3) is 0 Å². The first kappa shape index (κ1) is 16.6. The minimum atomic E-state index is -0.301. The molecule has 1 aliphatic rings. The van der Waals surface area contributed by atoms with Gasteiger partial charge in [-0.1, -0.05) is 27.3 Å². The molecule has 130 valence electrons. The molecule has 1 unspecified atom stereocenters. The Labute approximate surface area is 156 Å². The van der Waals surface area contributed by atoms with Gasteiger partial charge in [0.1, 0.15) is 5.82 Å². The number of rotatable bonds is 4. The Kier molecular flexibility index (Phi) is 4.78. The quantitative estimate of drug-likeness (QED) is 0.644. The number of aromatic nitrogens is 4. The second-order valence-electron chi connectivity index (χ2n) is 5.68. The fraction of sp³-hybridized carbons (Fsp3) is 0.312. The monoisotopic (exact) mass is 423 g/mol. The van der Waals surface area contributed by atoms with Gasteiger partial charge in [0.05, 0.1) is 19.3 Å². The van der Waals surface area contributed by atoms with Crippen LogP contribution in [0.25, 0.3) is 10.6 Å². The summed E-state index contributed by atoms with van der Waals surface area (Å²) in [4.78, 5) is 2.13. The van der Waals surface area contributed by atoms with Crippen LogP contribution in [0.2, 0.25) is 0 Å². The van der Waals surface area contributed by atoms with E-state index in [0.717, 1.165) is 16.1 Å². The Balaban J connectivity index is 1.50. The van der Waals surface area contributed by atoms with Gasteiger partial charge in [0.15, 0.2) is 5.01 Å². The van der Waals surface area contributed by atoms with Crippen LogP contribution in [0.3, 0.4) is 0 Å². The summed E-state index contributed by atoms with van der Waals surface area (Å²) in [6.45, 7) is 2.75. The molecule has 25 heavy (non-hydrogen) atoms. The summed E-state index contributed by atoms with van der Waals surface area (Å²) in [6, 6.07) is 6.71. The van der Waals surface area contributed by atoms with Crippen LogP contribution in [0, 0.1) is 5.82 Å². The largest absolute Gasteiger partial charge is 0.373 e. The van der Waals surface area contributed by atoms with Crippen molar-refractivity contribution in [3.05, 3.63) is 46.9 Å². The molecular formula is C16H15BrFN5OS. The van der Waals surface area contributed by atoms with Crippen LogP contribution in [0.5, 0.6) is 0 Å². The highest BCUT2D eigenvalue weighted by molar-refractivity contribution is 9.10. The first-order chi connectivity index (χ1) is 12.2. The van der Waals surface area contributed by atoms with E-state index in [1.807, 2.05) is 16.9 Å². The van der Waals surface area contributed by atoms with E-state index in [0.29, 0.717) is 30.3 Å². The third-order valence-electron chi connectivity index (χ3n) is 3.93. The van der Waals surface area contributed by atoms with Crippen LogP contribution >= 0.6 is 27.3 Å². The molecule has 3 heterocycles. The van der Waals surface area contributed by atoms with Crippen molar-refractivity contribution >= 4 is 32.4 Å². The molecule has 0 amide bonds. The van der Waals surface area contributed by atoms with Crippen molar-refractivity contribution in [2.45, 2.75) is 12.6 Å². The summed E-state index contributed by atoms with van der Waals surface area (Å²) in [5, 5.41) is 14.0. The number of nitrogens with zero attached hydrogens (tertiary/aromatic N) is 5. The minimum absolute atomic E-state index is 0.0311. The van der Waals surface area contributed by atoms with Gasteiger partial charge in [-0.3, -0.25) is 4.68 Å². The zero-order valence-corrected chi connectivity index (χ0v) is 15.6. The van der Waals surface area contributed by atoms with Crippen LogP contribution in [0.1, 0.15) is 0 Å². The van der Waals surface area contributed by atoms with E-state index in [-0.39, 0.29) is 11.9 Å². The Morgan fingerprint density at radius 3 is 3.12 bits per heavy atom. The number of halogens is 2. The summed E-state index contributed by atoms with van der Waals surface area (Å²) < 4.78 is 22.5. The molecule has 0 spiro atoms. The number of morpholine rings is 1. The second-order valence-corrected chi connectivity index (χ2v) is 7.55. The second kappa shape index (κ2) is 7.19. The van der Waals surface area contributed by atoms with Crippen LogP contribution < -0.4 is 4.90 Å². The molecule has 9 heteroatoms. The summed E-state index contributed by atoms with van der Waals surface area (Å²) in [5.74, 6) is -0.301. The van der Waals surface area contributed by atoms with E-state index in [4.69, 9.17) is 4.74 Å². The molecule has 0 saturated carbocycles. The van der Waals surface area contributed by atoms with Crippen molar-refractivity contribution in [1.82, 2.24) is 20.0 Å². The highest BCUT2D eigenvalue weighted by Gasteiger charge is 2.24. The lowest BCUT2D eigenvalue weighted by Crippen LogP contribution is -2.44. The molecule has 1 aromatic carbocycles. The number of anilines is 1. The van der Waals surface area contributed by atoms with Crippen molar-refractivity contribution in [2.24, 2.45) is 0 Å². The normalized spacial score (nSPS) is 17.8. The minimum Gasteiger partial charge on any atom is -0.373 e. The van der Waals surface area contributed by atoms with E-state index >= 15 is 0 Å². The summed E-state index contributed by atoms with van der Waals surface area (Å²) in [6.07, 6.45) is 3.70. The predicted molar refractivity (Wildman–Crippen MR) is 97.2 cm³/mol. The van der Waals surface area contributed by atoms with Gasteiger partial charge in [-0.2, -0.15) is 5.10 Å². The van der Waals surface area contributed by atoms with Gasteiger partial charge in [-0.15, -0.1) is 10.2 Å². The lowest BCUT2D eigenvalue weighted by atomic mass is 10.2. The molecule has 1 aliphatic heterocycles. The molecule has 6 nitrogen and oxygen atoms in total. The smallest absolute Gasteiger partial charge is 0.208 e. The average molecular weight is 424 g/mol. The van der Waals surface area contributed by atoms with E-state index in [2.05, 4.69) is 36.1 Å². The van der Waals surface area contributed by atoms with Crippen LogP contribution in [0.4, 0.5) is 9.52 Å². The van der Waals surface area contributed by atoms with Gasteiger partial charge in [0, 0.05) is 35.5 Å². The maximum absolute atomic E-state index is 14.1. The molecule has 0 aliphatic carbocycles. The topological polar surface area (TPSA) is 56.1 Å². The Morgan fingerprint density at radius 1 is 1.36 bits per heavy atom. The number of hydrogen-bond acceptors (Lipinski definition) is 6. The zero-order chi connectivity index (χ0) is 17.2. The van der Waals surface area contributed by atoms with Gasteiger partial charge >= 0.3 is 0 Å². The van der Waals surface area contributed by atoms with Crippen molar-refractivity contribution in [3.63, 3.8) is 0 Å². The SMILES string of the molecule is Fc1ccc(Br)cc1-c1nnc(N2CCOC(Cn3cccn3)C2)s1. The molecule has 0 radical (unpaired) electrons. The third kappa shape index (κ3) is 3.73. The van der Waals surface area contributed by atoms with Crippen molar-refractivity contribution < 1.29 is 9.13 Å². The molecule has 1 saturated heterocycles. The fourth-order valence-electron chi connectivity index (χ4n) is 2.73. The molecule has 1 atom stereocenters. The molecule has 0 N–H and O–H groups in total. The van der Waals surface area contributed by atoms with Crippen molar-refractivity contribution in [3.8, 4) is 10.6 Å². The van der Waals surface area contributed by atoms with Crippen molar-refractivity contribution in [2.75, 3.05) is 24.6 Å². The molecular weight excluding hydrogens is 409 g/mol. The standard InChI is InChI=1S/C16H15BrFN5OS/c17-11-2-3-14(18)13(8-11)15-20-21-16(25-15)22-6-7-24-12(9-22)10-23-5-1-4-19-23/h1-5,8,12H,6-7,9-10H2. The lowest BCUT2D eigenvalue weighted by Gasteiger charge is -2.32. The fourth-order valence-corrected chi connectivity index (χ4v) is 3.99. The first-order valence-corrected chi connectivity index (χ1v) is 9.43. The van der Waals surface area contributed by atoms with E-state index < -0.39 is 0 Å². The third-order valence-corrected chi connectivity index (χ3v) is 5.44. The summed E-state index contributed by atoms with van der Waals surface area (Å²) in [5.41, 5.74) is 0.458. The Hall–Kier alpha value is -1.84. The maximum atomic E-state index is 14.1. The Morgan fingerprint density at radius 2 is 2.28 bits per heavy atom. The number of hydrogen-bond donors (Lipinski definition) is 0. The number of benzene rings is 1. The lowest BCUT2D eigenvalue weighted by molar-refractivity contribution is 0.0274. The van der Waals surface area contributed by atoms with Crippen LogP contribution in [-0.2, 0) is 11.3 Å². The van der Waals surface area contributed by atoms with Crippen molar-refractivity contribution in [1.29, 1.82) is 0 Å². The van der Waals surface area contributed by atoms with Gasteiger partial charge in [-0.25, -0.2) is 4.39 Å². The average Bonchev–Trinajstić information content (AvgIpc) is 3.29. The maximum Gasteiger partial charge on any atom is 0.208 e. The van der Waals surface area contributed by atoms with Crippen LogP contribution in [-0.4, -0.2) is 45.8 Å². The molecule has 0 bridgehead atoms. The highest BCUT2D eigenvalue weighted by Crippen LogP contribution is 2.32. The molecule has 1 fully saturated rings. The van der Waals surface area contributed by atoms with Gasteiger partial charge in [-0.05, 0) is 24.3 Å². The molecule has 2 aromatic heterocycles. The Bertz CT molecular complexity index is 856. The van der Waals surface area contributed by atoms with Gasteiger partial charge < -0.3 is 9.64 Å². The van der Waals surface area contributed by atoms with Gasteiger partial charge in [0.2, 0.25) is 5.13 Å². The van der Waals surface area contributed by atoms with E-state index in [1.165, 1.54) is 17.4 Å². The summed E-state index contributed by atoms with van der Waals surface area (Å²) in [7, 11) is 0. The van der Waals surface area contributed by atoms with E-state index in [1.54, 1.807) is 18.3 Å². The van der Waals surface area contributed by atoms with E-state index in [9.17, 15) is 4.39 Å². The zero-order valence-electron chi connectivity index (χ0n) is 13.2. The molecule has 3 aromatic rings. The number of ether oxygens (including phenoxy) is 1. The summed E-state index contributed by atoms with van der Waals surface area (Å²) >= 11 is 4.76. The molecule has 4 rings (SSSR count). The predicted octanol–water partition coefficient (Wildman–Crippen LogP) is 3.21. The van der Waals surface area contributed by atoms with Crippen LogP contribution in [0.15, 0.2) is 41.1 Å². The highest BCUT2D eigenvalue weighted by atomic mass is 79.9.